The highest BCUT2D eigenvalue weighted by molar-refractivity contribution is 7.88. The fraction of sp³-hybridized carbons (Fsp3) is 0.423. The average Bonchev–Trinajstić information content (AvgIpc) is 3.58. The summed E-state index contributed by atoms with van der Waals surface area (Å²) in [6.07, 6.45) is 3.12. The van der Waals surface area contributed by atoms with Crippen LogP contribution in [0.3, 0.4) is 0 Å². The zero-order valence-electron chi connectivity index (χ0n) is 22.3. The number of hydrogen-bond donors (Lipinski definition) is 1. The van der Waals surface area contributed by atoms with E-state index in [9.17, 15) is 8.42 Å². The molecule has 11 nitrogen and oxygen atoms in total. The van der Waals surface area contributed by atoms with Crippen molar-refractivity contribution >= 4 is 37.4 Å². The molecule has 1 aromatic carbocycles. The summed E-state index contributed by atoms with van der Waals surface area (Å²) in [5.41, 5.74) is 2.58. The molecule has 1 N–H and O–H groups in total. The Labute approximate surface area is 232 Å². The Kier molecular flexibility index (Phi) is 8.43. The lowest BCUT2D eigenvalue weighted by Crippen LogP contribution is -2.47. The lowest BCUT2D eigenvalue weighted by Gasteiger charge is -2.32. The minimum Gasteiger partial charge on any atom is -0.497 e. The van der Waals surface area contributed by atoms with Crippen LogP contribution in [0.4, 0.5) is 5.82 Å². The second-order valence-corrected chi connectivity index (χ2v) is 12.4. The number of hydrogen-bond acceptors (Lipinski definition) is 10. The van der Waals surface area contributed by atoms with Crippen molar-refractivity contribution in [3.05, 3.63) is 47.5 Å². The highest BCUT2D eigenvalue weighted by Crippen LogP contribution is 2.32. The van der Waals surface area contributed by atoms with Gasteiger partial charge in [-0.2, -0.15) is 14.4 Å². The van der Waals surface area contributed by atoms with E-state index in [0.717, 1.165) is 44.5 Å². The Bertz CT molecular complexity index is 1530. The van der Waals surface area contributed by atoms with Gasteiger partial charge in [0.2, 0.25) is 10.0 Å². The largest absolute Gasteiger partial charge is 0.497 e. The van der Waals surface area contributed by atoms with Crippen molar-refractivity contribution in [3.8, 4) is 23.0 Å². The number of sulfonamides is 1. The van der Waals surface area contributed by atoms with Crippen molar-refractivity contribution in [2.24, 2.45) is 0 Å². The van der Waals surface area contributed by atoms with E-state index in [-0.39, 0.29) is 0 Å². The summed E-state index contributed by atoms with van der Waals surface area (Å²) in [6.45, 7) is 6.95. The third-order valence-corrected chi connectivity index (χ3v) is 8.91. The second-order valence-electron chi connectivity index (χ2n) is 9.24. The van der Waals surface area contributed by atoms with Gasteiger partial charge in [0.1, 0.15) is 11.6 Å². The summed E-state index contributed by atoms with van der Waals surface area (Å²) < 4.78 is 38.8. The molecule has 39 heavy (non-hydrogen) atoms. The summed E-state index contributed by atoms with van der Waals surface area (Å²) >= 11 is 1.65. The summed E-state index contributed by atoms with van der Waals surface area (Å²) in [5, 5.41) is 8.15. The maximum absolute atomic E-state index is 11.9. The number of anilines is 1. The molecule has 13 heteroatoms. The summed E-state index contributed by atoms with van der Waals surface area (Å²) in [7, 11) is -1.51. The quantitative estimate of drug-likeness (QED) is 0.271. The fourth-order valence-corrected chi connectivity index (χ4v) is 6.39. The number of rotatable bonds is 11. The molecule has 0 atom stereocenters. The zero-order chi connectivity index (χ0) is 27.4. The van der Waals surface area contributed by atoms with E-state index in [1.54, 1.807) is 23.1 Å². The van der Waals surface area contributed by atoms with E-state index in [2.05, 4.69) is 16.3 Å². The van der Waals surface area contributed by atoms with Gasteiger partial charge in [0.05, 0.1) is 35.9 Å². The molecule has 4 aromatic rings. The topological polar surface area (TPSA) is 115 Å². The minimum absolute atomic E-state index is 0.474. The highest BCUT2D eigenvalue weighted by atomic mass is 32.2. The van der Waals surface area contributed by atoms with Crippen LogP contribution in [-0.2, 0) is 21.3 Å². The molecule has 1 aliphatic heterocycles. The molecule has 0 bridgehead atoms. The molecule has 4 heterocycles. The van der Waals surface area contributed by atoms with Crippen LogP contribution in [0, 0.1) is 0 Å². The van der Waals surface area contributed by atoms with Crippen LogP contribution in [0.1, 0.15) is 11.8 Å². The van der Waals surface area contributed by atoms with Gasteiger partial charge in [-0.25, -0.2) is 18.1 Å². The molecule has 5 rings (SSSR count). The Balaban J connectivity index is 1.40. The molecule has 208 valence electrons. The molecule has 1 fully saturated rings. The van der Waals surface area contributed by atoms with Gasteiger partial charge in [0.15, 0.2) is 0 Å². The van der Waals surface area contributed by atoms with Gasteiger partial charge in [-0.3, -0.25) is 4.90 Å². The number of nitrogens with one attached hydrogen (secondary N) is 1. The van der Waals surface area contributed by atoms with Crippen molar-refractivity contribution in [2.75, 3.05) is 64.6 Å². The number of thiophene rings is 1. The molecular weight excluding hydrogens is 538 g/mol. The first-order chi connectivity index (χ1) is 18.8. The number of fused-ring (bicyclic) bond motifs is 1. The van der Waals surface area contributed by atoms with Crippen LogP contribution in [0.15, 0.2) is 42.6 Å². The Morgan fingerprint density at radius 2 is 1.92 bits per heavy atom. The molecule has 1 saturated heterocycles. The molecule has 3 aromatic heterocycles. The van der Waals surface area contributed by atoms with Crippen molar-refractivity contribution in [3.63, 3.8) is 0 Å². The predicted octanol–water partition coefficient (Wildman–Crippen LogP) is 3.08. The van der Waals surface area contributed by atoms with Gasteiger partial charge in [0, 0.05) is 62.5 Å². The van der Waals surface area contributed by atoms with Crippen LogP contribution >= 0.6 is 11.3 Å². The van der Waals surface area contributed by atoms with Crippen molar-refractivity contribution < 1.29 is 17.9 Å². The van der Waals surface area contributed by atoms with Crippen LogP contribution in [0.25, 0.3) is 27.4 Å². The van der Waals surface area contributed by atoms with Crippen LogP contribution in [-0.4, -0.2) is 96.7 Å². The number of benzene rings is 1. The minimum atomic E-state index is -3.15. The van der Waals surface area contributed by atoms with E-state index in [1.165, 1.54) is 10.6 Å². The number of methoxy groups -OCH3 is 1. The van der Waals surface area contributed by atoms with Crippen molar-refractivity contribution in [1.29, 1.82) is 0 Å². The number of nitrogens with zero attached hydrogens (tertiary/aromatic N) is 6. The summed E-state index contributed by atoms with van der Waals surface area (Å²) in [4.78, 5) is 13.1. The van der Waals surface area contributed by atoms with Gasteiger partial charge in [-0.05, 0) is 31.2 Å². The molecular formula is C26H33N7O4S2. The van der Waals surface area contributed by atoms with Gasteiger partial charge >= 0.3 is 0 Å². The molecule has 0 unspecified atom stereocenters. The normalized spacial score (nSPS) is 15.2. The summed E-state index contributed by atoms with van der Waals surface area (Å²) in [5.74, 6) is 1.98. The van der Waals surface area contributed by atoms with Crippen LogP contribution in [0.2, 0.25) is 0 Å². The first kappa shape index (κ1) is 27.5. The fourth-order valence-electron chi connectivity index (χ4n) is 4.46. The maximum atomic E-state index is 11.9. The molecule has 0 aliphatic carbocycles. The molecule has 0 saturated carbocycles. The van der Waals surface area contributed by atoms with Gasteiger partial charge in [-0.1, -0.05) is 12.1 Å². The highest BCUT2D eigenvalue weighted by Gasteiger charge is 2.24. The van der Waals surface area contributed by atoms with Gasteiger partial charge < -0.3 is 14.8 Å². The standard InChI is InChI=1S/C26H33N7O4S2/c1-4-37-15-9-27-25-24-23(17-21(38-24)18-31-11-13-32(14-12-31)39(3,34)35)28-26(29-25)33-10-8-22(30-33)19-6-5-7-20(16-19)36-2/h5-8,10,16-17H,4,9,11-15,18H2,1-3H3,(H,27,28,29). The van der Waals surface area contributed by atoms with E-state index in [1.807, 2.05) is 43.5 Å². The van der Waals surface area contributed by atoms with E-state index in [4.69, 9.17) is 24.5 Å². The smallest absolute Gasteiger partial charge is 0.253 e. The SMILES string of the molecule is CCOCCNc1nc(-n2ccc(-c3cccc(OC)c3)n2)nc2cc(CN3CCN(S(C)(=O)=O)CC3)sc12. The van der Waals surface area contributed by atoms with E-state index < -0.39 is 10.0 Å². The first-order valence-electron chi connectivity index (χ1n) is 12.8. The number of piperazine rings is 1. The summed E-state index contributed by atoms with van der Waals surface area (Å²) in [6, 6.07) is 11.8. The third kappa shape index (κ3) is 6.56. The van der Waals surface area contributed by atoms with Gasteiger partial charge in [0.25, 0.3) is 5.95 Å². The number of aromatic nitrogens is 4. The van der Waals surface area contributed by atoms with Crippen molar-refractivity contribution in [1.82, 2.24) is 29.0 Å². The average molecular weight is 572 g/mol. The van der Waals surface area contributed by atoms with Crippen LogP contribution < -0.4 is 10.1 Å². The van der Waals surface area contributed by atoms with Crippen molar-refractivity contribution in [2.45, 2.75) is 13.5 Å². The molecule has 0 spiro atoms. The van der Waals surface area contributed by atoms with E-state index >= 15 is 0 Å². The monoisotopic (exact) mass is 571 g/mol. The third-order valence-electron chi connectivity index (χ3n) is 6.49. The molecule has 1 aliphatic rings. The predicted molar refractivity (Wildman–Crippen MR) is 153 cm³/mol. The second kappa shape index (κ2) is 12.0. The lowest BCUT2D eigenvalue weighted by molar-refractivity contribution is 0.158. The maximum Gasteiger partial charge on any atom is 0.253 e. The Morgan fingerprint density at radius 3 is 2.67 bits per heavy atom. The molecule has 0 radical (unpaired) electrons. The Hall–Kier alpha value is -3.10. The zero-order valence-corrected chi connectivity index (χ0v) is 24.0. The first-order valence-corrected chi connectivity index (χ1v) is 15.5. The Morgan fingerprint density at radius 1 is 1.10 bits per heavy atom. The van der Waals surface area contributed by atoms with E-state index in [0.29, 0.717) is 51.9 Å². The number of ether oxygens (including phenoxy) is 2. The van der Waals surface area contributed by atoms with Crippen LogP contribution in [0.5, 0.6) is 5.75 Å². The lowest BCUT2D eigenvalue weighted by atomic mass is 10.1. The van der Waals surface area contributed by atoms with Gasteiger partial charge in [-0.15, -0.1) is 11.3 Å². The molecule has 0 amide bonds.